The van der Waals surface area contributed by atoms with E-state index in [9.17, 15) is 32.7 Å². The minimum absolute atomic E-state index is 0.0158. The van der Waals surface area contributed by atoms with Crippen molar-refractivity contribution in [2.45, 2.75) is 19.5 Å². The van der Waals surface area contributed by atoms with Crippen molar-refractivity contribution in [2.24, 2.45) is 0 Å². The number of halogens is 4. The molecule has 0 bridgehead atoms. The van der Waals surface area contributed by atoms with Crippen LogP contribution in [0.2, 0.25) is 5.02 Å². The zero-order valence-corrected chi connectivity index (χ0v) is 21.7. The third-order valence-electron chi connectivity index (χ3n) is 5.49. The van der Waals surface area contributed by atoms with E-state index < -0.39 is 18.1 Å². The molecule has 0 saturated carbocycles. The largest absolute Gasteiger partial charge is 0.490 e. The molecule has 1 heterocycles. The molecule has 4 N–H and O–H groups in total. The van der Waals surface area contributed by atoms with Gasteiger partial charge in [0.05, 0.1) is 23.5 Å². The van der Waals surface area contributed by atoms with Crippen molar-refractivity contribution >= 4 is 46.7 Å². The third-order valence-corrected chi connectivity index (χ3v) is 5.74. The maximum atomic E-state index is 12.7. The molecule has 1 aliphatic rings. The van der Waals surface area contributed by atoms with Gasteiger partial charge in [-0.2, -0.15) is 13.2 Å². The fourth-order valence-corrected chi connectivity index (χ4v) is 3.64. The molecule has 0 aromatic heterocycles. The number of piperazine rings is 1. The lowest BCUT2D eigenvalue weighted by molar-refractivity contribution is -0.192. The van der Waals surface area contributed by atoms with Crippen LogP contribution in [0.3, 0.4) is 0 Å². The van der Waals surface area contributed by atoms with Crippen LogP contribution in [0.5, 0.6) is 0 Å². The number of carbonyl (C=O) groups excluding carboxylic acids is 2. The smallest absolute Gasteiger partial charge is 0.478 e. The summed E-state index contributed by atoms with van der Waals surface area (Å²) in [5.41, 5.74) is 1.68. The molecule has 39 heavy (non-hydrogen) atoms. The molecule has 0 atom stereocenters. The Morgan fingerprint density at radius 1 is 0.949 bits per heavy atom. The van der Waals surface area contributed by atoms with Crippen molar-refractivity contribution in [3.63, 3.8) is 0 Å². The fourth-order valence-electron chi connectivity index (χ4n) is 3.51. The number of benzene rings is 2. The number of hydrogen-bond acceptors (Lipinski definition) is 6. The maximum Gasteiger partial charge on any atom is 0.490 e. The molecular weight excluding hydrogens is 545 g/mol. The lowest BCUT2D eigenvalue weighted by Gasteiger charge is -2.36. The standard InChI is InChI=1S/C23H27ClN4O4.C2HF3O2/c1-2-9-25-21(29)15-27-10-12-28(13-11-27)20-8-5-17(23(31)32)14-19(20)26-22(30)16-3-6-18(24)7-4-16;3-2(4,5)1(6)7/h3-8,14H,2,9-13,15H2,1H3,(H,25,29)(H,26,30)(H,31,32);(H,6,7). The van der Waals surface area contributed by atoms with Crippen LogP contribution in [0.4, 0.5) is 24.5 Å². The van der Waals surface area contributed by atoms with Crippen molar-refractivity contribution in [1.82, 2.24) is 10.2 Å². The van der Waals surface area contributed by atoms with Gasteiger partial charge in [-0.15, -0.1) is 0 Å². The van der Waals surface area contributed by atoms with Crippen molar-refractivity contribution < 1.29 is 42.6 Å². The van der Waals surface area contributed by atoms with E-state index in [1.54, 1.807) is 30.3 Å². The van der Waals surface area contributed by atoms with Gasteiger partial charge in [-0.3, -0.25) is 14.5 Å². The first-order chi connectivity index (χ1) is 18.3. The number of nitrogens with zero attached hydrogens (tertiary/aromatic N) is 2. The SMILES string of the molecule is CCCNC(=O)CN1CCN(c2ccc(C(=O)O)cc2NC(=O)c2ccc(Cl)cc2)CC1.O=C(O)C(F)(F)F. The van der Waals surface area contributed by atoms with Gasteiger partial charge >= 0.3 is 18.1 Å². The number of carbonyl (C=O) groups is 4. The summed E-state index contributed by atoms with van der Waals surface area (Å²) in [6.45, 7) is 5.71. The zero-order chi connectivity index (χ0) is 29.2. The van der Waals surface area contributed by atoms with Crippen molar-refractivity contribution in [2.75, 3.05) is 49.5 Å². The van der Waals surface area contributed by atoms with Gasteiger partial charge in [-0.25, -0.2) is 9.59 Å². The van der Waals surface area contributed by atoms with E-state index in [2.05, 4.69) is 20.4 Å². The molecule has 2 aromatic carbocycles. The highest BCUT2D eigenvalue weighted by Crippen LogP contribution is 2.29. The first-order valence-electron chi connectivity index (χ1n) is 11.8. The predicted molar refractivity (Wildman–Crippen MR) is 138 cm³/mol. The molecule has 2 aromatic rings. The molecule has 1 fully saturated rings. The number of nitrogens with one attached hydrogen (secondary N) is 2. The van der Waals surface area contributed by atoms with Crippen LogP contribution >= 0.6 is 11.6 Å². The molecule has 0 radical (unpaired) electrons. The predicted octanol–water partition coefficient (Wildman–Crippen LogP) is 3.57. The van der Waals surface area contributed by atoms with E-state index in [1.165, 1.54) is 12.1 Å². The summed E-state index contributed by atoms with van der Waals surface area (Å²) in [6.07, 6.45) is -4.18. The van der Waals surface area contributed by atoms with Crippen LogP contribution in [0, 0.1) is 0 Å². The van der Waals surface area contributed by atoms with E-state index in [0.29, 0.717) is 55.5 Å². The number of aromatic carboxylic acids is 1. The van der Waals surface area contributed by atoms with Gasteiger partial charge in [0.2, 0.25) is 5.91 Å². The molecule has 0 spiro atoms. The minimum Gasteiger partial charge on any atom is -0.478 e. The van der Waals surface area contributed by atoms with Crippen LogP contribution in [0.15, 0.2) is 42.5 Å². The van der Waals surface area contributed by atoms with Gasteiger partial charge in [0.15, 0.2) is 0 Å². The summed E-state index contributed by atoms with van der Waals surface area (Å²) in [5, 5.41) is 22.8. The molecule has 0 aliphatic carbocycles. The number of alkyl halides is 3. The van der Waals surface area contributed by atoms with Crippen LogP contribution in [-0.2, 0) is 9.59 Å². The number of hydrogen-bond donors (Lipinski definition) is 4. The maximum absolute atomic E-state index is 12.7. The van der Waals surface area contributed by atoms with E-state index in [0.717, 1.165) is 12.1 Å². The highest BCUT2D eigenvalue weighted by Gasteiger charge is 2.38. The average Bonchev–Trinajstić information content (AvgIpc) is 2.88. The number of rotatable bonds is 8. The second kappa shape index (κ2) is 14.4. The van der Waals surface area contributed by atoms with Crippen molar-refractivity contribution in [3.05, 3.63) is 58.6 Å². The summed E-state index contributed by atoms with van der Waals surface area (Å²) < 4.78 is 31.7. The Hall–Kier alpha value is -3.84. The molecule has 1 aliphatic heterocycles. The number of carboxylic acid groups (broad SMARTS) is 2. The molecule has 2 amide bonds. The zero-order valence-electron chi connectivity index (χ0n) is 20.9. The summed E-state index contributed by atoms with van der Waals surface area (Å²) in [5.74, 6) is -4.16. The summed E-state index contributed by atoms with van der Waals surface area (Å²) >= 11 is 5.89. The average molecular weight is 573 g/mol. The lowest BCUT2D eigenvalue weighted by Crippen LogP contribution is -2.49. The van der Waals surface area contributed by atoms with Gasteiger partial charge in [-0.1, -0.05) is 18.5 Å². The molecule has 10 nitrogen and oxygen atoms in total. The van der Waals surface area contributed by atoms with Crippen LogP contribution in [-0.4, -0.2) is 84.3 Å². The molecule has 3 rings (SSSR count). The first-order valence-corrected chi connectivity index (χ1v) is 12.2. The first kappa shape index (κ1) is 31.4. The van der Waals surface area contributed by atoms with Crippen molar-refractivity contribution in [1.29, 1.82) is 0 Å². The van der Waals surface area contributed by atoms with Crippen molar-refractivity contribution in [3.8, 4) is 0 Å². The highest BCUT2D eigenvalue weighted by atomic mass is 35.5. The van der Waals surface area contributed by atoms with E-state index in [-0.39, 0.29) is 17.4 Å². The van der Waals surface area contributed by atoms with Gasteiger partial charge in [0, 0.05) is 43.3 Å². The Labute approximate surface area is 227 Å². The minimum atomic E-state index is -5.08. The van der Waals surface area contributed by atoms with E-state index in [4.69, 9.17) is 21.5 Å². The quantitative estimate of drug-likeness (QED) is 0.376. The Bertz CT molecular complexity index is 1170. The molecule has 14 heteroatoms. The van der Waals surface area contributed by atoms with Gasteiger partial charge in [0.25, 0.3) is 5.91 Å². The normalized spacial score (nSPS) is 13.6. The molecular formula is C25H28ClF3N4O6. The number of carboxylic acids is 2. The van der Waals surface area contributed by atoms with E-state index in [1.807, 2.05) is 6.92 Å². The Kier molecular flexibility index (Phi) is 11.5. The third kappa shape index (κ3) is 10.1. The molecule has 1 saturated heterocycles. The van der Waals surface area contributed by atoms with Crippen LogP contribution in [0.25, 0.3) is 0 Å². The molecule has 212 valence electrons. The monoisotopic (exact) mass is 572 g/mol. The van der Waals surface area contributed by atoms with Gasteiger partial charge in [0.1, 0.15) is 0 Å². The van der Waals surface area contributed by atoms with Crippen LogP contribution in [0.1, 0.15) is 34.1 Å². The number of aliphatic carboxylic acids is 1. The van der Waals surface area contributed by atoms with Gasteiger partial charge in [-0.05, 0) is 48.9 Å². The topological polar surface area (TPSA) is 139 Å². The van der Waals surface area contributed by atoms with Gasteiger partial charge < -0.3 is 25.7 Å². The summed E-state index contributed by atoms with van der Waals surface area (Å²) in [7, 11) is 0. The van der Waals surface area contributed by atoms with Crippen LogP contribution < -0.4 is 15.5 Å². The Morgan fingerprint density at radius 2 is 1.51 bits per heavy atom. The second-order valence-corrected chi connectivity index (χ2v) is 8.85. The highest BCUT2D eigenvalue weighted by molar-refractivity contribution is 6.30. The number of anilines is 2. The summed E-state index contributed by atoms with van der Waals surface area (Å²) in [6, 6.07) is 11.2. The second-order valence-electron chi connectivity index (χ2n) is 8.41. The number of amides is 2. The molecule has 0 unspecified atom stereocenters. The Balaban J connectivity index is 0.000000673. The summed E-state index contributed by atoms with van der Waals surface area (Å²) in [4.78, 5) is 49.2. The fraction of sp³-hybridized carbons (Fsp3) is 0.360. The lowest BCUT2D eigenvalue weighted by atomic mass is 10.1. The van der Waals surface area contributed by atoms with E-state index >= 15 is 0 Å². The Morgan fingerprint density at radius 3 is 2.03 bits per heavy atom.